The van der Waals surface area contributed by atoms with Crippen LogP contribution in [0.2, 0.25) is 0 Å². The summed E-state index contributed by atoms with van der Waals surface area (Å²) < 4.78 is 0. The van der Waals surface area contributed by atoms with Crippen molar-refractivity contribution in [1.29, 1.82) is 0 Å². The summed E-state index contributed by atoms with van der Waals surface area (Å²) in [7, 11) is 0. The van der Waals surface area contributed by atoms with Crippen LogP contribution in [0.25, 0.3) is 11.0 Å². The van der Waals surface area contributed by atoms with Gasteiger partial charge in [-0.25, -0.2) is 4.98 Å². The molecule has 5 rings (SSSR count). The van der Waals surface area contributed by atoms with Gasteiger partial charge in [-0.2, -0.15) is 5.10 Å². The highest BCUT2D eigenvalue weighted by atomic mass is 16.2. The average Bonchev–Trinajstić information content (AvgIpc) is 3.43. The lowest BCUT2D eigenvalue weighted by Crippen LogP contribution is -2.39. The van der Waals surface area contributed by atoms with Gasteiger partial charge in [-0.1, -0.05) is 12.1 Å². The summed E-state index contributed by atoms with van der Waals surface area (Å²) in [6.45, 7) is 2.19. The lowest BCUT2D eigenvalue weighted by molar-refractivity contribution is -0.130. The predicted molar refractivity (Wildman–Crippen MR) is 104 cm³/mol. The molecular formula is C20H20N6O2. The molecule has 28 heavy (non-hydrogen) atoms. The number of hydrogen-bond acceptors (Lipinski definition) is 5. The lowest BCUT2D eigenvalue weighted by Gasteiger charge is -2.20. The summed E-state index contributed by atoms with van der Waals surface area (Å²) in [5.74, 6) is -0.0780. The Balaban J connectivity index is 1.38. The predicted octanol–water partition coefficient (Wildman–Crippen LogP) is 2.28. The molecule has 0 bridgehead atoms. The molecule has 2 aliphatic rings. The lowest BCUT2D eigenvalue weighted by atomic mass is 10.1. The number of fused-ring (bicyclic) bond motifs is 2. The number of anilines is 2. The van der Waals surface area contributed by atoms with Gasteiger partial charge in [-0.3, -0.25) is 14.7 Å². The second-order valence-electron chi connectivity index (χ2n) is 7.25. The summed E-state index contributed by atoms with van der Waals surface area (Å²) in [4.78, 5) is 33.3. The van der Waals surface area contributed by atoms with Crippen molar-refractivity contribution >= 4 is 34.2 Å². The summed E-state index contributed by atoms with van der Waals surface area (Å²) in [5, 5.41) is 11.0. The Bertz CT molecular complexity index is 1070. The molecule has 8 heteroatoms. The van der Waals surface area contributed by atoms with Crippen LogP contribution in [-0.2, 0) is 11.3 Å². The highest BCUT2D eigenvalue weighted by Gasteiger charge is 2.32. The first-order valence-corrected chi connectivity index (χ1v) is 9.44. The van der Waals surface area contributed by atoms with Crippen LogP contribution >= 0.6 is 0 Å². The highest BCUT2D eigenvalue weighted by Crippen LogP contribution is 2.31. The van der Waals surface area contributed by atoms with Gasteiger partial charge in [0.1, 0.15) is 6.54 Å². The minimum Gasteiger partial charge on any atom is -0.354 e. The monoisotopic (exact) mass is 376 g/mol. The Morgan fingerprint density at radius 1 is 1.21 bits per heavy atom. The first-order valence-electron chi connectivity index (χ1n) is 9.44. The maximum Gasteiger partial charge on any atom is 0.257 e. The number of pyridine rings is 1. The first-order chi connectivity index (χ1) is 13.7. The molecule has 8 nitrogen and oxygen atoms in total. The zero-order chi connectivity index (χ0) is 19.1. The third-order valence-corrected chi connectivity index (χ3v) is 5.37. The number of H-pyrrole nitrogens is 1. The van der Waals surface area contributed by atoms with Crippen molar-refractivity contribution < 1.29 is 9.59 Å². The molecule has 2 aliphatic heterocycles. The molecule has 0 atom stereocenters. The van der Waals surface area contributed by atoms with Crippen LogP contribution in [-0.4, -0.2) is 56.4 Å². The minimum absolute atomic E-state index is 0.0303. The van der Waals surface area contributed by atoms with E-state index in [-0.39, 0.29) is 18.4 Å². The zero-order valence-corrected chi connectivity index (χ0v) is 15.3. The Hall–Kier alpha value is -3.42. The smallest absolute Gasteiger partial charge is 0.257 e. The van der Waals surface area contributed by atoms with E-state index in [1.165, 1.54) is 0 Å². The van der Waals surface area contributed by atoms with Gasteiger partial charge < -0.3 is 15.1 Å². The SMILES string of the molecule is O=C(CN1Cc2cccc(Nc3cnc4[nH]ncc4c3)c2C1=O)N1CCCC1. The number of nitrogens with zero attached hydrogens (tertiary/aromatic N) is 4. The number of amides is 2. The van der Waals surface area contributed by atoms with Crippen LogP contribution in [0, 0.1) is 0 Å². The minimum atomic E-state index is -0.108. The number of likely N-dealkylation sites (tertiary alicyclic amines) is 1. The van der Waals surface area contributed by atoms with Gasteiger partial charge in [0.2, 0.25) is 5.91 Å². The van der Waals surface area contributed by atoms with Crippen molar-refractivity contribution in [3.05, 3.63) is 47.8 Å². The molecule has 1 aromatic carbocycles. The normalized spacial score (nSPS) is 16.1. The largest absolute Gasteiger partial charge is 0.354 e. The molecule has 2 amide bonds. The van der Waals surface area contributed by atoms with Crippen LogP contribution < -0.4 is 5.32 Å². The van der Waals surface area contributed by atoms with E-state index in [0.29, 0.717) is 17.8 Å². The number of rotatable bonds is 4. The van der Waals surface area contributed by atoms with Gasteiger partial charge in [0, 0.05) is 25.0 Å². The van der Waals surface area contributed by atoms with Gasteiger partial charge in [0.05, 0.1) is 29.3 Å². The third kappa shape index (κ3) is 2.87. The molecule has 3 aromatic rings. The van der Waals surface area contributed by atoms with Gasteiger partial charge >= 0.3 is 0 Å². The van der Waals surface area contributed by atoms with Crippen molar-refractivity contribution in [3.8, 4) is 0 Å². The molecule has 0 radical (unpaired) electrons. The highest BCUT2D eigenvalue weighted by molar-refractivity contribution is 6.05. The Labute approximate surface area is 161 Å². The number of aromatic amines is 1. The third-order valence-electron chi connectivity index (χ3n) is 5.37. The van der Waals surface area contributed by atoms with Crippen molar-refractivity contribution in [2.24, 2.45) is 0 Å². The van der Waals surface area contributed by atoms with E-state index in [0.717, 1.165) is 48.3 Å². The quantitative estimate of drug-likeness (QED) is 0.729. The van der Waals surface area contributed by atoms with E-state index in [4.69, 9.17) is 0 Å². The maximum absolute atomic E-state index is 13.0. The van der Waals surface area contributed by atoms with Crippen LogP contribution in [0.4, 0.5) is 11.4 Å². The second-order valence-corrected chi connectivity index (χ2v) is 7.25. The van der Waals surface area contributed by atoms with Crippen LogP contribution in [0.5, 0.6) is 0 Å². The van der Waals surface area contributed by atoms with E-state index in [1.807, 2.05) is 29.2 Å². The van der Waals surface area contributed by atoms with E-state index in [2.05, 4.69) is 20.5 Å². The van der Waals surface area contributed by atoms with Crippen LogP contribution in [0.1, 0.15) is 28.8 Å². The fourth-order valence-corrected chi connectivity index (χ4v) is 3.94. The van der Waals surface area contributed by atoms with E-state index in [1.54, 1.807) is 17.3 Å². The number of nitrogens with one attached hydrogen (secondary N) is 2. The van der Waals surface area contributed by atoms with Crippen LogP contribution in [0.15, 0.2) is 36.7 Å². The van der Waals surface area contributed by atoms with Gasteiger partial charge in [-0.05, 0) is 30.5 Å². The van der Waals surface area contributed by atoms with Crippen molar-refractivity contribution in [3.63, 3.8) is 0 Å². The molecule has 2 N–H and O–H groups in total. The standard InChI is InChI=1S/C20H20N6O2/c27-17(25-6-1-2-7-25)12-26-11-13-4-3-5-16(18(13)20(26)28)23-15-8-14-9-22-24-19(14)21-10-15/h3-5,8-10,23H,1-2,6-7,11-12H2,(H,21,22,24). The molecular weight excluding hydrogens is 356 g/mol. The summed E-state index contributed by atoms with van der Waals surface area (Å²) >= 11 is 0. The van der Waals surface area contributed by atoms with Gasteiger partial charge in [0.15, 0.2) is 5.65 Å². The summed E-state index contributed by atoms with van der Waals surface area (Å²) in [6, 6.07) is 7.67. The number of aromatic nitrogens is 3. The molecule has 0 unspecified atom stereocenters. The molecule has 1 saturated heterocycles. The summed E-state index contributed by atoms with van der Waals surface area (Å²) in [6.07, 6.45) is 5.50. The molecule has 142 valence electrons. The molecule has 0 saturated carbocycles. The molecule has 0 aliphatic carbocycles. The Morgan fingerprint density at radius 3 is 2.93 bits per heavy atom. The number of hydrogen-bond donors (Lipinski definition) is 2. The molecule has 0 spiro atoms. The van der Waals surface area contributed by atoms with Crippen molar-refractivity contribution in [2.75, 3.05) is 25.0 Å². The Morgan fingerprint density at radius 2 is 2.07 bits per heavy atom. The number of carbonyl (C=O) groups is 2. The summed E-state index contributed by atoms with van der Waals surface area (Å²) in [5.41, 5.74) is 3.78. The topological polar surface area (TPSA) is 94.2 Å². The fraction of sp³-hybridized carbons (Fsp3) is 0.300. The number of carbonyl (C=O) groups excluding carboxylic acids is 2. The Kier molecular flexibility index (Phi) is 3.96. The van der Waals surface area contributed by atoms with Gasteiger partial charge in [-0.15, -0.1) is 0 Å². The van der Waals surface area contributed by atoms with Gasteiger partial charge in [0.25, 0.3) is 5.91 Å². The van der Waals surface area contributed by atoms with E-state index >= 15 is 0 Å². The fourth-order valence-electron chi connectivity index (χ4n) is 3.94. The van der Waals surface area contributed by atoms with E-state index < -0.39 is 0 Å². The molecule has 2 aromatic heterocycles. The maximum atomic E-state index is 13.0. The number of benzene rings is 1. The van der Waals surface area contributed by atoms with Crippen molar-refractivity contribution in [2.45, 2.75) is 19.4 Å². The van der Waals surface area contributed by atoms with E-state index in [9.17, 15) is 9.59 Å². The average molecular weight is 376 g/mol. The van der Waals surface area contributed by atoms with Crippen LogP contribution in [0.3, 0.4) is 0 Å². The molecule has 1 fully saturated rings. The second kappa shape index (κ2) is 6.63. The zero-order valence-electron chi connectivity index (χ0n) is 15.3. The van der Waals surface area contributed by atoms with Crippen molar-refractivity contribution in [1.82, 2.24) is 25.0 Å². The molecule has 4 heterocycles. The first kappa shape index (κ1) is 16.7.